The lowest BCUT2D eigenvalue weighted by atomic mass is 10.0. The molecule has 0 unspecified atom stereocenters. The standard InChI is InChI=1S/C34H36ClN3O6S/c1-24-14-17-28(18-15-24)45(41,42)38(27-16-19-31(43-3)32(21-27)44-4)23-33(39)37(22-26-12-8-9-13-29(26)35)30(34(40)36-2)20-25-10-6-5-7-11-25/h5-19,21,30H,20,22-23H2,1-4H3,(H,36,40)/t30-/m1/s1. The Morgan fingerprint density at radius 2 is 1.51 bits per heavy atom. The van der Waals surface area contributed by atoms with E-state index in [-0.39, 0.29) is 29.3 Å². The molecule has 0 aliphatic heterocycles. The Labute approximate surface area is 269 Å². The van der Waals surface area contributed by atoms with E-state index in [1.807, 2.05) is 37.3 Å². The van der Waals surface area contributed by atoms with Crippen LogP contribution < -0.4 is 19.1 Å². The maximum Gasteiger partial charge on any atom is 0.264 e. The van der Waals surface area contributed by atoms with Crippen molar-refractivity contribution >= 4 is 39.1 Å². The highest BCUT2D eigenvalue weighted by Crippen LogP contribution is 2.34. The summed E-state index contributed by atoms with van der Waals surface area (Å²) in [7, 11) is 0.135. The number of methoxy groups -OCH3 is 2. The topological polar surface area (TPSA) is 105 Å². The van der Waals surface area contributed by atoms with Crippen molar-refractivity contribution in [2.75, 3.05) is 32.1 Å². The Morgan fingerprint density at radius 1 is 0.867 bits per heavy atom. The van der Waals surface area contributed by atoms with Crippen LogP contribution in [-0.4, -0.2) is 59.0 Å². The van der Waals surface area contributed by atoms with E-state index in [0.717, 1.165) is 15.4 Å². The summed E-state index contributed by atoms with van der Waals surface area (Å²) >= 11 is 6.51. The highest BCUT2D eigenvalue weighted by Gasteiger charge is 2.35. The molecule has 0 aliphatic carbocycles. The zero-order valence-corrected chi connectivity index (χ0v) is 27.1. The van der Waals surface area contributed by atoms with Crippen LogP contribution in [0.1, 0.15) is 16.7 Å². The number of rotatable bonds is 13. The number of halogens is 1. The van der Waals surface area contributed by atoms with Gasteiger partial charge in [-0.25, -0.2) is 8.42 Å². The van der Waals surface area contributed by atoms with Crippen molar-refractivity contribution in [1.82, 2.24) is 10.2 Å². The van der Waals surface area contributed by atoms with Gasteiger partial charge in [0.1, 0.15) is 12.6 Å². The second kappa shape index (κ2) is 15.0. The van der Waals surface area contributed by atoms with Crippen LogP contribution in [-0.2, 0) is 32.6 Å². The summed E-state index contributed by atoms with van der Waals surface area (Å²) in [5.74, 6) is -0.335. The molecule has 0 saturated carbocycles. The van der Waals surface area contributed by atoms with Crippen LogP contribution in [0.25, 0.3) is 0 Å². The predicted molar refractivity (Wildman–Crippen MR) is 175 cm³/mol. The molecule has 0 bridgehead atoms. The van der Waals surface area contributed by atoms with E-state index in [4.69, 9.17) is 21.1 Å². The minimum absolute atomic E-state index is 0.000440. The number of nitrogens with one attached hydrogen (secondary N) is 1. The van der Waals surface area contributed by atoms with E-state index in [2.05, 4.69) is 5.32 Å². The average molecular weight is 650 g/mol. The number of hydrogen-bond acceptors (Lipinski definition) is 6. The molecule has 2 amide bonds. The summed E-state index contributed by atoms with van der Waals surface area (Å²) in [5.41, 5.74) is 2.49. The third kappa shape index (κ3) is 7.95. The molecule has 236 valence electrons. The molecule has 0 aliphatic rings. The Kier molecular flexibility index (Phi) is 11.1. The van der Waals surface area contributed by atoms with Gasteiger partial charge in [-0.15, -0.1) is 0 Å². The summed E-state index contributed by atoms with van der Waals surface area (Å²) < 4.78 is 40.2. The normalized spacial score (nSPS) is 11.8. The number of anilines is 1. The highest BCUT2D eigenvalue weighted by molar-refractivity contribution is 7.92. The van der Waals surface area contributed by atoms with Crippen molar-refractivity contribution < 1.29 is 27.5 Å². The fourth-order valence-corrected chi connectivity index (χ4v) is 6.48. The fourth-order valence-electron chi connectivity index (χ4n) is 4.88. The molecule has 1 N–H and O–H groups in total. The summed E-state index contributed by atoms with van der Waals surface area (Å²) in [6, 6.07) is 26.3. The molecule has 11 heteroatoms. The summed E-state index contributed by atoms with van der Waals surface area (Å²) in [6.45, 7) is 1.20. The molecular formula is C34H36ClN3O6S. The van der Waals surface area contributed by atoms with Crippen molar-refractivity contribution in [3.8, 4) is 11.5 Å². The van der Waals surface area contributed by atoms with E-state index < -0.39 is 34.4 Å². The third-order valence-corrected chi connectivity index (χ3v) is 9.52. The van der Waals surface area contributed by atoms with Gasteiger partial charge in [0.15, 0.2) is 11.5 Å². The van der Waals surface area contributed by atoms with E-state index in [0.29, 0.717) is 16.3 Å². The van der Waals surface area contributed by atoms with Crippen molar-refractivity contribution in [3.05, 3.63) is 119 Å². The molecular weight excluding hydrogens is 614 g/mol. The van der Waals surface area contributed by atoms with Gasteiger partial charge in [0.05, 0.1) is 24.8 Å². The van der Waals surface area contributed by atoms with E-state index >= 15 is 0 Å². The van der Waals surface area contributed by atoms with Crippen LogP contribution in [0.4, 0.5) is 5.69 Å². The zero-order valence-electron chi connectivity index (χ0n) is 25.6. The molecule has 4 aromatic carbocycles. The van der Waals surface area contributed by atoms with Gasteiger partial charge in [0.25, 0.3) is 10.0 Å². The van der Waals surface area contributed by atoms with Crippen molar-refractivity contribution in [2.24, 2.45) is 0 Å². The monoisotopic (exact) mass is 649 g/mol. The van der Waals surface area contributed by atoms with Crippen molar-refractivity contribution in [2.45, 2.75) is 30.8 Å². The number of ether oxygens (including phenoxy) is 2. The first-order valence-electron chi connectivity index (χ1n) is 14.2. The van der Waals surface area contributed by atoms with Gasteiger partial charge in [-0.1, -0.05) is 77.8 Å². The molecule has 0 heterocycles. The minimum Gasteiger partial charge on any atom is -0.493 e. The Balaban J connectivity index is 1.83. The molecule has 4 aromatic rings. The maximum absolute atomic E-state index is 14.4. The Hall–Kier alpha value is -4.54. The predicted octanol–water partition coefficient (Wildman–Crippen LogP) is 5.25. The molecule has 4 rings (SSSR count). The number of sulfonamides is 1. The quantitative estimate of drug-likeness (QED) is 0.212. The molecule has 0 aromatic heterocycles. The van der Waals surface area contributed by atoms with Crippen LogP contribution in [0.3, 0.4) is 0 Å². The Bertz CT molecular complexity index is 1730. The first-order chi connectivity index (χ1) is 21.6. The largest absolute Gasteiger partial charge is 0.493 e. The molecule has 1 atom stereocenters. The summed E-state index contributed by atoms with van der Waals surface area (Å²) in [5, 5.41) is 3.08. The number of hydrogen-bond donors (Lipinski definition) is 1. The third-order valence-electron chi connectivity index (χ3n) is 7.36. The average Bonchev–Trinajstić information content (AvgIpc) is 3.05. The van der Waals surface area contributed by atoms with Crippen LogP contribution in [0, 0.1) is 6.92 Å². The lowest BCUT2D eigenvalue weighted by Crippen LogP contribution is -2.53. The first-order valence-corrected chi connectivity index (χ1v) is 16.0. The number of aryl methyl sites for hydroxylation is 1. The van der Waals surface area contributed by atoms with Gasteiger partial charge < -0.3 is 19.7 Å². The zero-order chi connectivity index (χ0) is 32.6. The number of carbonyl (C=O) groups is 2. The summed E-state index contributed by atoms with van der Waals surface area (Å²) in [4.78, 5) is 29.2. The Morgan fingerprint density at radius 3 is 2.13 bits per heavy atom. The van der Waals surface area contributed by atoms with E-state index in [1.54, 1.807) is 48.5 Å². The van der Waals surface area contributed by atoms with Gasteiger partial charge in [0.2, 0.25) is 11.8 Å². The maximum atomic E-state index is 14.4. The summed E-state index contributed by atoms with van der Waals surface area (Å²) in [6.07, 6.45) is 0.192. The van der Waals surface area contributed by atoms with Crippen molar-refractivity contribution in [1.29, 1.82) is 0 Å². The molecule has 0 spiro atoms. The molecule has 0 saturated heterocycles. The van der Waals surface area contributed by atoms with Gasteiger partial charge in [0, 0.05) is 31.1 Å². The highest BCUT2D eigenvalue weighted by atomic mass is 35.5. The van der Waals surface area contributed by atoms with Gasteiger partial charge in [-0.05, 0) is 48.4 Å². The van der Waals surface area contributed by atoms with Crippen LogP contribution in [0.2, 0.25) is 5.02 Å². The second-order valence-electron chi connectivity index (χ2n) is 10.3. The fraction of sp³-hybridized carbons (Fsp3) is 0.235. The lowest BCUT2D eigenvalue weighted by molar-refractivity contribution is -0.139. The smallest absolute Gasteiger partial charge is 0.264 e. The SMILES string of the molecule is CNC(=O)[C@@H](Cc1ccccc1)N(Cc1ccccc1Cl)C(=O)CN(c1ccc(OC)c(OC)c1)S(=O)(=O)c1ccc(C)cc1. The van der Waals surface area contributed by atoms with Crippen molar-refractivity contribution in [3.63, 3.8) is 0 Å². The number of benzene rings is 4. The van der Waals surface area contributed by atoms with Gasteiger partial charge >= 0.3 is 0 Å². The number of nitrogens with zero attached hydrogens (tertiary/aromatic N) is 2. The van der Waals surface area contributed by atoms with Gasteiger partial charge in [-0.3, -0.25) is 13.9 Å². The molecule has 0 radical (unpaired) electrons. The first kappa shape index (κ1) is 33.4. The second-order valence-corrected chi connectivity index (χ2v) is 12.6. The molecule has 0 fully saturated rings. The number of carbonyl (C=O) groups excluding carboxylic acids is 2. The van der Waals surface area contributed by atoms with E-state index in [1.165, 1.54) is 44.4 Å². The number of amides is 2. The van der Waals surface area contributed by atoms with E-state index in [9.17, 15) is 18.0 Å². The van der Waals surface area contributed by atoms with Gasteiger partial charge in [-0.2, -0.15) is 0 Å². The molecule has 45 heavy (non-hydrogen) atoms. The van der Waals surface area contributed by atoms with Crippen LogP contribution >= 0.6 is 11.6 Å². The minimum atomic E-state index is -4.27. The molecule has 9 nitrogen and oxygen atoms in total. The van der Waals surface area contributed by atoms with Crippen LogP contribution in [0.5, 0.6) is 11.5 Å². The lowest BCUT2D eigenvalue weighted by Gasteiger charge is -2.34. The number of likely N-dealkylation sites (N-methyl/N-ethyl adjacent to an activating group) is 1. The van der Waals surface area contributed by atoms with Crippen LogP contribution in [0.15, 0.2) is 102 Å².